The zero-order valence-corrected chi connectivity index (χ0v) is 14.7. The van der Waals surface area contributed by atoms with Crippen molar-refractivity contribution >= 4 is 11.7 Å². The second-order valence-electron chi connectivity index (χ2n) is 6.51. The van der Waals surface area contributed by atoms with Crippen LogP contribution in [0.2, 0.25) is 0 Å². The Morgan fingerprint density at radius 3 is 2.48 bits per heavy atom. The number of rotatable bonds is 4. The summed E-state index contributed by atoms with van der Waals surface area (Å²) in [6, 6.07) is 14.0. The van der Waals surface area contributed by atoms with Gasteiger partial charge in [0.15, 0.2) is 0 Å². The predicted octanol–water partition coefficient (Wildman–Crippen LogP) is 4.92. The van der Waals surface area contributed by atoms with Crippen LogP contribution in [0.5, 0.6) is 0 Å². The fourth-order valence-electron chi connectivity index (χ4n) is 2.99. The van der Waals surface area contributed by atoms with Crippen LogP contribution < -0.4 is 5.32 Å². The molecule has 2 aromatic carbocycles. The van der Waals surface area contributed by atoms with E-state index in [1.807, 2.05) is 30.3 Å². The van der Waals surface area contributed by atoms with E-state index in [2.05, 4.69) is 5.32 Å². The summed E-state index contributed by atoms with van der Waals surface area (Å²) in [7, 11) is 0. The molecule has 27 heavy (non-hydrogen) atoms. The largest absolute Gasteiger partial charge is 0.416 e. The van der Waals surface area contributed by atoms with Gasteiger partial charge >= 0.3 is 12.2 Å². The predicted molar refractivity (Wildman–Crippen MR) is 96.3 cm³/mol. The van der Waals surface area contributed by atoms with Crippen LogP contribution in [0.3, 0.4) is 0 Å². The molecule has 1 heterocycles. The van der Waals surface area contributed by atoms with Crippen molar-refractivity contribution in [3.8, 4) is 0 Å². The monoisotopic (exact) mass is 378 g/mol. The first-order valence-electron chi connectivity index (χ1n) is 8.80. The summed E-state index contributed by atoms with van der Waals surface area (Å²) in [5.74, 6) is 0. The smallest absolute Gasteiger partial charge is 0.372 e. The Morgan fingerprint density at radius 2 is 1.81 bits per heavy atom. The highest BCUT2D eigenvalue weighted by Gasteiger charge is 2.30. The Kier molecular flexibility index (Phi) is 6.01. The number of hydrogen-bond acceptors (Lipinski definition) is 2. The number of amides is 2. The number of benzene rings is 2. The average molecular weight is 378 g/mol. The van der Waals surface area contributed by atoms with Gasteiger partial charge in [0.2, 0.25) is 0 Å². The van der Waals surface area contributed by atoms with E-state index in [4.69, 9.17) is 4.74 Å². The third-order valence-electron chi connectivity index (χ3n) is 4.46. The molecule has 4 nitrogen and oxygen atoms in total. The fourth-order valence-corrected chi connectivity index (χ4v) is 2.99. The van der Waals surface area contributed by atoms with E-state index >= 15 is 0 Å². The van der Waals surface area contributed by atoms with Crippen LogP contribution in [0.1, 0.15) is 24.0 Å². The fraction of sp³-hybridized carbons (Fsp3) is 0.350. The number of para-hydroxylation sites is 1. The molecule has 0 aromatic heterocycles. The minimum Gasteiger partial charge on any atom is -0.372 e. The minimum atomic E-state index is -4.34. The quantitative estimate of drug-likeness (QED) is 0.821. The molecule has 144 valence electrons. The number of halogens is 3. The highest BCUT2D eigenvalue weighted by molar-refractivity contribution is 5.89. The third kappa shape index (κ3) is 5.47. The molecule has 0 bridgehead atoms. The molecule has 0 radical (unpaired) electrons. The minimum absolute atomic E-state index is 0.137. The van der Waals surface area contributed by atoms with Gasteiger partial charge < -0.3 is 15.0 Å². The van der Waals surface area contributed by atoms with Crippen molar-refractivity contribution in [2.24, 2.45) is 0 Å². The Morgan fingerprint density at radius 1 is 1.11 bits per heavy atom. The van der Waals surface area contributed by atoms with Crippen LogP contribution in [-0.4, -0.2) is 30.1 Å². The highest BCUT2D eigenvalue weighted by atomic mass is 19.4. The van der Waals surface area contributed by atoms with Gasteiger partial charge in [-0.1, -0.05) is 30.3 Å². The molecule has 2 aromatic rings. The molecule has 1 aliphatic heterocycles. The van der Waals surface area contributed by atoms with E-state index in [1.54, 1.807) is 4.90 Å². The van der Waals surface area contributed by atoms with Gasteiger partial charge in [-0.2, -0.15) is 13.2 Å². The van der Waals surface area contributed by atoms with E-state index < -0.39 is 11.7 Å². The van der Waals surface area contributed by atoms with Gasteiger partial charge in [-0.05, 0) is 42.7 Å². The van der Waals surface area contributed by atoms with Crippen molar-refractivity contribution in [3.63, 3.8) is 0 Å². The van der Waals surface area contributed by atoms with E-state index in [0.717, 1.165) is 30.7 Å². The Hall–Kier alpha value is -2.54. The number of urea groups is 1. The molecular weight excluding hydrogens is 357 g/mol. The van der Waals surface area contributed by atoms with Crippen molar-refractivity contribution in [2.45, 2.75) is 31.7 Å². The molecule has 0 unspecified atom stereocenters. The molecular formula is C20H21F3N2O2. The second-order valence-corrected chi connectivity index (χ2v) is 6.51. The molecule has 2 amide bonds. The molecule has 1 fully saturated rings. The van der Waals surface area contributed by atoms with Crippen LogP contribution in [-0.2, 0) is 17.5 Å². The van der Waals surface area contributed by atoms with Gasteiger partial charge in [-0.3, -0.25) is 0 Å². The molecule has 0 spiro atoms. The number of hydrogen-bond donors (Lipinski definition) is 1. The summed E-state index contributed by atoms with van der Waals surface area (Å²) in [5, 5.41) is 2.85. The molecule has 0 aliphatic carbocycles. The maximum absolute atomic E-state index is 12.6. The van der Waals surface area contributed by atoms with Crippen LogP contribution >= 0.6 is 0 Å². The van der Waals surface area contributed by atoms with Gasteiger partial charge in [0.05, 0.1) is 18.3 Å². The molecule has 3 rings (SSSR count). The number of carbonyl (C=O) groups excluding carboxylic acids is 1. The molecule has 1 N–H and O–H groups in total. The lowest BCUT2D eigenvalue weighted by atomic mass is 10.1. The number of alkyl halides is 3. The Labute approximate surface area is 155 Å². The first kappa shape index (κ1) is 19.2. The summed E-state index contributed by atoms with van der Waals surface area (Å²) in [6.07, 6.45) is -2.84. The molecule has 1 aliphatic rings. The summed E-state index contributed by atoms with van der Waals surface area (Å²) < 4.78 is 43.6. The van der Waals surface area contributed by atoms with Crippen molar-refractivity contribution in [3.05, 3.63) is 65.7 Å². The number of nitrogens with one attached hydrogen (secondary N) is 1. The number of ether oxygens (including phenoxy) is 1. The number of anilines is 1. The number of carbonyl (C=O) groups is 1. The summed E-state index contributed by atoms with van der Waals surface area (Å²) in [4.78, 5) is 14.1. The Balaban J connectivity index is 1.50. The third-order valence-corrected chi connectivity index (χ3v) is 4.46. The zero-order chi connectivity index (χ0) is 19.3. The van der Waals surface area contributed by atoms with Crippen molar-refractivity contribution in [1.29, 1.82) is 0 Å². The van der Waals surface area contributed by atoms with Crippen molar-refractivity contribution in [1.82, 2.24) is 4.90 Å². The van der Waals surface area contributed by atoms with Crippen LogP contribution in [0, 0.1) is 0 Å². The maximum atomic E-state index is 12.6. The van der Waals surface area contributed by atoms with Gasteiger partial charge in [0.25, 0.3) is 0 Å². The second kappa shape index (κ2) is 8.43. The lowest BCUT2D eigenvalue weighted by Gasteiger charge is -2.32. The van der Waals surface area contributed by atoms with Gasteiger partial charge in [0.1, 0.15) is 0 Å². The van der Waals surface area contributed by atoms with E-state index in [0.29, 0.717) is 18.7 Å². The van der Waals surface area contributed by atoms with Crippen molar-refractivity contribution < 1.29 is 22.7 Å². The van der Waals surface area contributed by atoms with Gasteiger partial charge in [0, 0.05) is 18.8 Å². The summed E-state index contributed by atoms with van der Waals surface area (Å²) >= 11 is 0. The lowest BCUT2D eigenvalue weighted by Crippen LogP contribution is -2.45. The normalized spacial score (nSPS) is 17.6. The van der Waals surface area contributed by atoms with Gasteiger partial charge in [-0.15, -0.1) is 0 Å². The van der Waals surface area contributed by atoms with E-state index in [1.165, 1.54) is 12.1 Å². The van der Waals surface area contributed by atoms with Crippen LogP contribution in [0.4, 0.5) is 23.7 Å². The zero-order valence-electron chi connectivity index (χ0n) is 14.7. The van der Waals surface area contributed by atoms with Crippen molar-refractivity contribution in [2.75, 3.05) is 18.4 Å². The topological polar surface area (TPSA) is 41.6 Å². The van der Waals surface area contributed by atoms with Crippen LogP contribution in [0.25, 0.3) is 0 Å². The van der Waals surface area contributed by atoms with Crippen LogP contribution in [0.15, 0.2) is 54.6 Å². The maximum Gasteiger partial charge on any atom is 0.416 e. The summed E-state index contributed by atoms with van der Waals surface area (Å²) in [6.45, 7) is 1.33. The SMILES string of the molecule is O=C(Nc1ccccc1)N1CCC[C@H](OCc2ccc(C(F)(F)F)cc2)C1. The van der Waals surface area contributed by atoms with Gasteiger partial charge in [-0.25, -0.2) is 4.79 Å². The number of nitrogens with zero attached hydrogens (tertiary/aromatic N) is 1. The Bertz CT molecular complexity index is 748. The first-order chi connectivity index (χ1) is 12.9. The highest BCUT2D eigenvalue weighted by Crippen LogP contribution is 2.29. The number of piperidine rings is 1. The first-order valence-corrected chi connectivity index (χ1v) is 8.80. The summed E-state index contributed by atoms with van der Waals surface area (Å²) in [5.41, 5.74) is 0.733. The van der Waals surface area contributed by atoms with E-state index in [9.17, 15) is 18.0 Å². The molecule has 0 saturated carbocycles. The standard InChI is InChI=1S/C20H21F3N2O2/c21-20(22,23)16-10-8-15(9-11-16)14-27-18-7-4-12-25(13-18)19(26)24-17-5-2-1-3-6-17/h1-3,5-6,8-11,18H,4,7,12-14H2,(H,24,26)/t18-/m0/s1. The molecule has 1 atom stereocenters. The van der Waals surface area contributed by atoms with E-state index in [-0.39, 0.29) is 18.7 Å². The lowest BCUT2D eigenvalue weighted by molar-refractivity contribution is -0.137. The molecule has 1 saturated heterocycles. The average Bonchev–Trinajstić information content (AvgIpc) is 2.67. The number of likely N-dealkylation sites (tertiary alicyclic amines) is 1. The molecule has 7 heteroatoms.